The number of nitrogens with zero attached hydrogens (tertiary/aromatic N) is 6. The fourth-order valence-electron chi connectivity index (χ4n) is 3.24. The summed E-state index contributed by atoms with van der Waals surface area (Å²) in [6, 6.07) is 5.89. The SMILES string of the molecule is NC(=O)c1cc(Cl)cc(Cl)c1N1CC[N+](CCCl)=N1.NC(=O)c1cc(Cl)cc(Cl)c1N=NN(CCCl)CCCl. The van der Waals surface area contributed by atoms with Gasteiger partial charge in [-0.2, -0.15) is 4.70 Å². The molecule has 0 unspecified atom stereocenters. The lowest BCUT2D eigenvalue weighted by Gasteiger charge is -2.14. The molecule has 0 saturated carbocycles. The number of carbonyl (C=O) groups excluding carboxylic acids is 2. The molecule has 0 bridgehead atoms. The molecule has 0 radical (unpaired) electrons. The summed E-state index contributed by atoms with van der Waals surface area (Å²) in [7, 11) is 0. The number of benzene rings is 2. The number of halogens is 7. The van der Waals surface area contributed by atoms with E-state index in [0.29, 0.717) is 71.1 Å². The van der Waals surface area contributed by atoms with Crippen molar-refractivity contribution in [1.29, 1.82) is 0 Å². The van der Waals surface area contributed by atoms with E-state index in [0.717, 1.165) is 0 Å². The molecule has 39 heavy (non-hydrogen) atoms. The minimum absolute atomic E-state index is 0.1000. The van der Waals surface area contributed by atoms with Crippen molar-refractivity contribution in [1.82, 2.24) is 5.01 Å². The number of alkyl halides is 3. The normalized spacial score (nSPS) is 12.8. The zero-order chi connectivity index (χ0) is 29.1. The van der Waals surface area contributed by atoms with Crippen LogP contribution in [0.1, 0.15) is 20.7 Å². The van der Waals surface area contributed by atoms with E-state index in [9.17, 15) is 9.59 Å². The highest BCUT2D eigenvalue weighted by Gasteiger charge is 2.30. The molecular formula is C22H24Cl7N8O2+. The Balaban J connectivity index is 0.000000274. The fraction of sp³-hybridized carbons (Fsp3) is 0.364. The molecular weight excluding hydrogens is 656 g/mol. The summed E-state index contributed by atoms with van der Waals surface area (Å²) in [5.41, 5.74) is 11.6. The van der Waals surface area contributed by atoms with Crippen molar-refractivity contribution in [2.75, 3.05) is 55.4 Å². The van der Waals surface area contributed by atoms with Crippen molar-refractivity contribution < 1.29 is 14.3 Å². The number of primary amides is 2. The molecule has 3 rings (SSSR count). The molecule has 10 nitrogen and oxygen atoms in total. The molecule has 2 aromatic rings. The lowest BCUT2D eigenvalue weighted by atomic mass is 10.1. The summed E-state index contributed by atoms with van der Waals surface area (Å²) < 4.78 is 1.81. The zero-order valence-electron chi connectivity index (χ0n) is 20.3. The Morgan fingerprint density at radius 1 is 0.897 bits per heavy atom. The molecule has 1 heterocycles. The highest BCUT2D eigenvalue weighted by molar-refractivity contribution is 6.38. The van der Waals surface area contributed by atoms with E-state index in [1.54, 1.807) is 16.1 Å². The summed E-state index contributed by atoms with van der Waals surface area (Å²) in [6.45, 7) is 2.89. The second kappa shape index (κ2) is 16.5. The number of anilines is 1. The quantitative estimate of drug-likeness (QED) is 0.123. The summed E-state index contributed by atoms with van der Waals surface area (Å²) in [5, 5.41) is 16.6. The molecule has 17 heteroatoms. The smallest absolute Gasteiger partial charge is 0.253 e. The maximum absolute atomic E-state index is 11.5. The molecule has 0 atom stereocenters. The van der Waals surface area contributed by atoms with Gasteiger partial charge in [0, 0.05) is 21.8 Å². The largest absolute Gasteiger partial charge is 0.366 e. The standard InChI is InChI=1S/C11H12Cl4N4O.C11H11Cl3N4O/c12-1-3-19(4-2-13)18-17-10-8(11(16)20)5-7(14)6-9(10)15;12-1-2-17-3-4-18(16-17)10-8(11(15)19)5-7(13)6-9(10)14/h5-6H,1-4H2,(H2,16,20);5-6H,1-4H2,(H-,15,19)/p+1. The van der Waals surface area contributed by atoms with Crippen LogP contribution >= 0.6 is 81.2 Å². The van der Waals surface area contributed by atoms with Gasteiger partial charge in [-0.1, -0.05) is 51.6 Å². The molecule has 4 N–H and O–H groups in total. The molecule has 212 valence electrons. The van der Waals surface area contributed by atoms with Gasteiger partial charge in [-0.3, -0.25) is 14.6 Å². The van der Waals surface area contributed by atoms with Crippen LogP contribution in [-0.4, -0.2) is 71.9 Å². The highest BCUT2D eigenvalue weighted by Crippen LogP contribution is 2.35. The van der Waals surface area contributed by atoms with E-state index in [1.807, 2.05) is 4.70 Å². The molecule has 1 aliphatic rings. The van der Waals surface area contributed by atoms with Gasteiger partial charge in [0.2, 0.25) is 0 Å². The van der Waals surface area contributed by atoms with Gasteiger partial charge in [-0.15, -0.1) is 44.9 Å². The van der Waals surface area contributed by atoms with Crippen molar-refractivity contribution in [3.05, 3.63) is 55.5 Å². The van der Waals surface area contributed by atoms with Crippen LogP contribution in [-0.2, 0) is 0 Å². The van der Waals surface area contributed by atoms with E-state index in [1.165, 1.54) is 18.2 Å². The summed E-state index contributed by atoms with van der Waals surface area (Å²) in [4.78, 5) is 22.9. The minimum atomic E-state index is -0.690. The Labute approximate surface area is 260 Å². The first-order valence-corrected chi connectivity index (χ1v) is 14.3. The first kappa shape index (κ1) is 33.4. The predicted octanol–water partition coefficient (Wildman–Crippen LogP) is 6.40. The maximum Gasteiger partial charge on any atom is 0.253 e. The number of rotatable bonds is 11. The number of amides is 2. The molecule has 0 aliphatic carbocycles. The van der Waals surface area contributed by atoms with Gasteiger partial charge in [0.15, 0.2) is 12.2 Å². The highest BCUT2D eigenvalue weighted by atomic mass is 35.5. The maximum atomic E-state index is 11.5. The van der Waals surface area contributed by atoms with Crippen LogP contribution < -0.4 is 16.5 Å². The molecule has 0 fully saturated rings. The average molecular weight is 681 g/mol. The van der Waals surface area contributed by atoms with Crippen molar-refractivity contribution >= 4 is 104 Å². The predicted molar refractivity (Wildman–Crippen MR) is 158 cm³/mol. The number of carbonyl (C=O) groups is 2. The summed E-state index contributed by atoms with van der Waals surface area (Å²) in [6.07, 6.45) is 0. The lowest BCUT2D eigenvalue weighted by Crippen LogP contribution is -2.21. The Morgan fingerprint density at radius 3 is 2.00 bits per heavy atom. The van der Waals surface area contributed by atoms with Crippen molar-refractivity contribution in [2.45, 2.75) is 0 Å². The monoisotopic (exact) mass is 677 g/mol. The Bertz CT molecular complexity index is 1240. The molecule has 0 spiro atoms. The summed E-state index contributed by atoms with van der Waals surface area (Å²) >= 11 is 40.8. The van der Waals surface area contributed by atoms with Gasteiger partial charge in [-0.25, -0.2) is 0 Å². The van der Waals surface area contributed by atoms with E-state index in [4.69, 9.17) is 92.7 Å². The number of hydrogen-bond donors (Lipinski definition) is 2. The first-order valence-electron chi connectivity index (χ1n) is 11.2. The van der Waals surface area contributed by atoms with E-state index < -0.39 is 11.8 Å². The Kier molecular flexibility index (Phi) is 14.1. The Morgan fingerprint density at radius 2 is 1.46 bits per heavy atom. The van der Waals surface area contributed by atoms with Gasteiger partial charge in [0.25, 0.3) is 11.8 Å². The van der Waals surface area contributed by atoms with Crippen molar-refractivity contribution in [3.63, 3.8) is 0 Å². The number of hydrogen-bond acceptors (Lipinski definition) is 6. The third kappa shape index (κ3) is 9.97. The fourth-order valence-corrected chi connectivity index (χ4v) is 4.95. The molecule has 0 saturated heterocycles. The first-order chi connectivity index (χ1) is 18.5. The van der Waals surface area contributed by atoms with Gasteiger partial charge in [-0.05, 0) is 24.3 Å². The van der Waals surface area contributed by atoms with Crippen molar-refractivity contribution in [3.8, 4) is 0 Å². The third-order valence-corrected chi connectivity index (χ3v) is 6.47. The zero-order valence-corrected chi connectivity index (χ0v) is 25.6. The number of nitrogens with two attached hydrogens (primary N) is 2. The van der Waals surface area contributed by atoms with Crippen LogP contribution in [0, 0.1) is 0 Å². The van der Waals surface area contributed by atoms with Crippen molar-refractivity contribution in [2.24, 2.45) is 27.0 Å². The molecule has 2 amide bonds. The molecule has 1 aliphatic heterocycles. The van der Waals surface area contributed by atoms with E-state index >= 15 is 0 Å². The third-order valence-electron chi connectivity index (χ3n) is 4.95. The van der Waals surface area contributed by atoms with E-state index in [-0.39, 0.29) is 21.8 Å². The van der Waals surface area contributed by atoms with Gasteiger partial charge in [0.1, 0.15) is 18.8 Å². The molecule has 2 aromatic carbocycles. The minimum Gasteiger partial charge on any atom is -0.366 e. The van der Waals surface area contributed by atoms with Crippen LogP contribution in [0.4, 0.5) is 11.4 Å². The van der Waals surface area contributed by atoms with Gasteiger partial charge in [0.05, 0.1) is 45.4 Å². The van der Waals surface area contributed by atoms with Crippen LogP contribution in [0.3, 0.4) is 0 Å². The molecule has 0 aromatic heterocycles. The average Bonchev–Trinajstić information content (AvgIpc) is 3.31. The second-order valence-corrected chi connectivity index (χ2v) is 10.5. The van der Waals surface area contributed by atoms with Crippen LogP contribution in [0.15, 0.2) is 39.8 Å². The van der Waals surface area contributed by atoms with E-state index in [2.05, 4.69) is 15.6 Å². The summed E-state index contributed by atoms with van der Waals surface area (Å²) in [5.74, 6) is -0.0659. The Hall–Kier alpha value is -1.79. The topological polar surface area (TPSA) is 133 Å². The van der Waals surface area contributed by atoms with Crippen LogP contribution in [0.2, 0.25) is 20.1 Å². The second-order valence-electron chi connectivity index (χ2n) is 7.67. The van der Waals surface area contributed by atoms with Crippen LogP contribution in [0.25, 0.3) is 0 Å². The lowest BCUT2D eigenvalue weighted by molar-refractivity contribution is -0.575. The van der Waals surface area contributed by atoms with Gasteiger partial charge < -0.3 is 11.5 Å². The van der Waals surface area contributed by atoms with Crippen LogP contribution in [0.5, 0.6) is 0 Å². The van der Waals surface area contributed by atoms with Gasteiger partial charge >= 0.3 is 0 Å².